The minimum Gasteiger partial charge on any atom is -0.462 e. The molecule has 11 heteroatoms. The molecule has 0 aliphatic heterocycles. The number of thiophene rings is 1. The molecule has 1 atom stereocenters. The smallest absolute Gasteiger partial charge is 0.341 e. The molecule has 1 aliphatic rings. The van der Waals surface area contributed by atoms with Crippen LogP contribution in [0.5, 0.6) is 0 Å². The predicted molar refractivity (Wildman–Crippen MR) is 129 cm³/mol. The number of ether oxygens (including phenoxy) is 1. The van der Waals surface area contributed by atoms with Crippen LogP contribution in [0.4, 0.5) is 10.1 Å². The average molecular weight is 497 g/mol. The van der Waals surface area contributed by atoms with Gasteiger partial charge in [0.25, 0.3) is 0 Å². The molecular weight excluding hydrogens is 468 g/mol. The Morgan fingerprint density at radius 3 is 2.53 bits per heavy atom. The maximum absolute atomic E-state index is 12.9. The van der Waals surface area contributed by atoms with Crippen LogP contribution in [0.25, 0.3) is 0 Å². The van der Waals surface area contributed by atoms with Gasteiger partial charge in [-0.1, -0.05) is 43.9 Å². The summed E-state index contributed by atoms with van der Waals surface area (Å²) in [6.07, 6.45) is 3.86. The highest BCUT2D eigenvalue weighted by atomic mass is 32.2. The lowest BCUT2D eigenvalue weighted by Crippen LogP contribution is -2.27. The molecule has 2 aromatic rings. The van der Waals surface area contributed by atoms with E-state index in [1.807, 2.05) is 20.8 Å². The van der Waals surface area contributed by atoms with Crippen LogP contribution in [0.1, 0.15) is 68.3 Å². The Morgan fingerprint density at radius 1 is 1.12 bits per heavy atom. The number of hydrogen-bond donors (Lipinski definition) is 2. The van der Waals surface area contributed by atoms with Gasteiger partial charge in [0, 0.05) is 10.3 Å². The number of aromatic nitrogens is 2. The van der Waals surface area contributed by atoms with Crippen molar-refractivity contribution in [1.82, 2.24) is 10.2 Å². The number of fused-ring (bicyclic) bond motifs is 1. The summed E-state index contributed by atoms with van der Waals surface area (Å²) in [4.78, 5) is 38.7. The van der Waals surface area contributed by atoms with Gasteiger partial charge in [0.15, 0.2) is 4.34 Å². The van der Waals surface area contributed by atoms with E-state index in [0.717, 1.165) is 36.1 Å². The normalized spacial score (nSPS) is 14.4. The number of carbonyl (C=O) groups excluding carboxylic acids is 3. The molecule has 2 heterocycles. The van der Waals surface area contributed by atoms with E-state index in [1.165, 1.54) is 34.4 Å². The van der Waals surface area contributed by atoms with Crippen molar-refractivity contribution in [2.75, 3.05) is 17.2 Å². The summed E-state index contributed by atoms with van der Waals surface area (Å²) >= 11 is 3.95. The van der Waals surface area contributed by atoms with Gasteiger partial charge in [0.1, 0.15) is 5.00 Å². The first-order valence-electron chi connectivity index (χ1n) is 10.5. The molecule has 2 aromatic heterocycles. The zero-order chi connectivity index (χ0) is 23.5. The van der Waals surface area contributed by atoms with E-state index in [2.05, 4.69) is 20.8 Å². The maximum Gasteiger partial charge on any atom is 0.341 e. The van der Waals surface area contributed by atoms with Gasteiger partial charge in [-0.05, 0) is 45.1 Å². The number of thioether (sulfide) groups is 1. The quantitative estimate of drug-likeness (QED) is 0.323. The standard InChI is InChI=1S/C21H28N4O4S3/c1-6-29-17(27)14-12-9-7-8-10-13(12)31-16(14)22-15(26)11(2)30-20-25-24-19(32-20)23-18(28)21(3,4)5/h11H,6-10H2,1-5H3,(H,22,26)(H,23,24,28). The van der Waals surface area contributed by atoms with Gasteiger partial charge in [-0.3, -0.25) is 9.59 Å². The molecule has 32 heavy (non-hydrogen) atoms. The predicted octanol–water partition coefficient (Wildman–Crippen LogP) is 4.76. The number of amides is 2. The van der Waals surface area contributed by atoms with E-state index in [-0.39, 0.29) is 24.4 Å². The summed E-state index contributed by atoms with van der Waals surface area (Å²) in [7, 11) is 0. The molecule has 0 fully saturated rings. The molecule has 2 N–H and O–H groups in total. The summed E-state index contributed by atoms with van der Waals surface area (Å²) in [6, 6.07) is 0. The molecule has 0 radical (unpaired) electrons. The minimum atomic E-state index is -0.539. The first kappa shape index (κ1) is 24.7. The monoisotopic (exact) mass is 496 g/mol. The van der Waals surface area contributed by atoms with Gasteiger partial charge in [-0.2, -0.15) is 0 Å². The second kappa shape index (κ2) is 10.3. The fourth-order valence-corrected chi connectivity index (χ4v) is 6.26. The Labute approximate surface area is 199 Å². The van der Waals surface area contributed by atoms with Crippen molar-refractivity contribution in [2.24, 2.45) is 5.41 Å². The molecule has 174 valence electrons. The van der Waals surface area contributed by atoms with Crippen molar-refractivity contribution in [3.63, 3.8) is 0 Å². The van der Waals surface area contributed by atoms with E-state index < -0.39 is 10.7 Å². The first-order chi connectivity index (χ1) is 15.1. The summed E-state index contributed by atoms with van der Waals surface area (Å²) in [5.41, 5.74) is 0.974. The summed E-state index contributed by atoms with van der Waals surface area (Å²) < 4.78 is 5.83. The zero-order valence-corrected chi connectivity index (χ0v) is 21.3. The third-order valence-corrected chi connectivity index (χ3v) is 8.07. The largest absolute Gasteiger partial charge is 0.462 e. The lowest BCUT2D eigenvalue weighted by Gasteiger charge is -2.15. The van der Waals surface area contributed by atoms with Gasteiger partial charge in [0.05, 0.1) is 17.4 Å². The highest BCUT2D eigenvalue weighted by Gasteiger charge is 2.29. The second-order valence-corrected chi connectivity index (χ2v) is 12.1. The van der Waals surface area contributed by atoms with Gasteiger partial charge in [-0.15, -0.1) is 21.5 Å². The van der Waals surface area contributed by atoms with Crippen molar-refractivity contribution in [2.45, 2.75) is 69.9 Å². The summed E-state index contributed by atoms with van der Waals surface area (Å²) in [5.74, 6) is -0.760. The number of carbonyl (C=O) groups is 3. The molecule has 2 amide bonds. The molecule has 0 aromatic carbocycles. The van der Waals surface area contributed by atoms with Crippen molar-refractivity contribution in [1.29, 1.82) is 0 Å². The highest BCUT2D eigenvalue weighted by molar-refractivity contribution is 8.02. The second-order valence-electron chi connectivity index (χ2n) is 8.46. The number of rotatable bonds is 7. The third kappa shape index (κ3) is 5.87. The fraction of sp³-hybridized carbons (Fsp3) is 0.571. The van der Waals surface area contributed by atoms with E-state index in [9.17, 15) is 14.4 Å². The van der Waals surface area contributed by atoms with Crippen LogP contribution in [0.2, 0.25) is 0 Å². The van der Waals surface area contributed by atoms with Crippen LogP contribution < -0.4 is 10.6 Å². The summed E-state index contributed by atoms with van der Waals surface area (Å²) in [5, 5.41) is 14.2. The lowest BCUT2D eigenvalue weighted by atomic mass is 9.95. The third-order valence-electron chi connectivity index (χ3n) is 4.84. The topological polar surface area (TPSA) is 110 Å². The number of hydrogen-bond acceptors (Lipinski definition) is 9. The Kier molecular flexibility index (Phi) is 7.94. The molecule has 1 aliphatic carbocycles. The minimum absolute atomic E-state index is 0.149. The Bertz CT molecular complexity index is 1010. The number of anilines is 2. The number of aryl methyl sites for hydroxylation is 1. The Balaban J connectivity index is 1.68. The van der Waals surface area contributed by atoms with Crippen LogP contribution in [0, 0.1) is 5.41 Å². The molecule has 1 unspecified atom stereocenters. The number of nitrogens with zero attached hydrogens (tertiary/aromatic N) is 2. The fourth-order valence-electron chi connectivity index (χ4n) is 3.08. The van der Waals surface area contributed by atoms with Crippen LogP contribution in [0.3, 0.4) is 0 Å². The SMILES string of the molecule is CCOC(=O)c1c(NC(=O)C(C)Sc2nnc(NC(=O)C(C)(C)C)s2)sc2c1CCCC2. The molecular formula is C21H28N4O4S3. The van der Waals surface area contributed by atoms with E-state index in [1.54, 1.807) is 13.8 Å². The lowest BCUT2D eigenvalue weighted by molar-refractivity contribution is -0.123. The molecule has 3 rings (SSSR count). The molecule has 0 saturated carbocycles. The van der Waals surface area contributed by atoms with Gasteiger partial charge in [-0.25, -0.2) is 4.79 Å². The maximum atomic E-state index is 12.9. The van der Waals surface area contributed by atoms with Crippen LogP contribution in [0.15, 0.2) is 4.34 Å². The Hall–Kier alpha value is -1.98. The van der Waals surface area contributed by atoms with Gasteiger partial charge < -0.3 is 15.4 Å². The zero-order valence-electron chi connectivity index (χ0n) is 18.9. The molecule has 0 spiro atoms. The van der Waals surface area contributed by atoms with E-state index in [4.69, 9.17) is 4.74 Å². The van der Waals surface area contributed by atoms with E-state index in [0.29, 0.717) is 20.0 Å². The summed E-state index contributed by atoms with van der Waals surface area (Å²) in [6.45, 7) is 9.28. The van der Waals surface area contributed by atoms with Gasteiger partial charge in [0.2, 0.25) is 16.9 Å². The van der Waals surface area contributed by atoms with Crippen molar-refractivity contribution in [3.05, 3.63) is 16.0 Å². The molecule has 8 nitrogen and oxygen atoms in total. The van der Waals surface area contributed by atoms with Gasteiger partial charge >= 0.3 is 5.97 Å². The Morgan fingerprint density at radius 2 is 1.84 bits per heavy atom. The van der Waals surface area contributed by atoms with Crippen molar-refractivity contribution < 1.29 is 19.1 Å². The highest BCUT2D eigenvalue weighted by Crippen LogP contribution is 2.39. The van der Waals surface area contributed by atoms with Crippen LogP contribution in [-0.4, -0.2) is 39.8 Å². The van der Waals surface area contributed by atoms with E-state index >= 15 is 0 Å². The number of nitrogens with one attached hydrogen (secondary N) is 2. The van der Waals surface area contributed by atoms with Crippen molar-refractivity contribution >= 4 is 62.4 Å². The van der Waals surface area contributed by atoms with Crippen LogP contribution in [-0.2, 0) is 27.2 Å². The molecule has 0 saturated heterocycles. The van der Waals surface area contributed by atoms with Crippen molar-refractivity contribution in [3.8, 4) is 0 Å². The molecule has 0 bridgehead atoms. The average Bonchev–Trinajstić information content (AvgIpc) is 3.30. The number of esters is 1. The van der Waals surface area contributed by atoms with Crippen LogP contribution >= 0.6 is 34.4 Å². The first-order valence-corrected chi connectivity index (χ1v) is 13.1.